The molecule has 0 atom stereocenters. The fourth-order valence-corrected chi connectivity index (χ4v) is 2.16. The van der Waals surface area contributed by atoms with Crippen LogP contribution in [0.15, 0.2) is 16.5 Å². The summed E-state index contributed by atoms with van der Waals surface area (Å²) in [6, 6.07) is 3.39. The molecule has 18 heavy (non-hydrogen) atoms. The Morgan fingerprint density at radius 3 is 2.61 bits per heavy atom. The van der Waals surface area contributed by atoms with Gasteiger partial charge in [-0.3, -0.25) is 4.40 Å². The Balaban J connectivity index is 2.38. The van der Waals surface area contributed by atoms with Crippen LogP contribution in [0.3, 0.4) is 0 Å². The van der Waals surface area contributed by atoms with Gasteiger partial charge in [-0.15, -0.1) is 10.2 Å². The maximum absolute atomic E-state index is 6.05. The molecule has 3 rings (SSSR count). The molecular weight excluding hydrogens is 275 g/mol. The van der Waals surface area contributed by atoms with Gasteiger partial charge in [0.05, 0.1) is 5.69 Å². The van der Waals surface area contributed by atoms with Crippen molar-refractivity contribution in [1.29, 1.82) is 0 Å². The number of aryl methyl sites for hydroxylation is 2. The Labute approximate surface area is 112 Å². The van der Waals surface area contributed by atoms with Crippen LogP contribution in [0.1, 0.15) is 11.4 Å². The first-order chi connectivity index (χ1) is 8.58. The topological polar surface area (TPSA) is 56.2 Å². The predicted octanol–water partition coefficient (Wildman–Crippen LogP) is 3.31. The van der Waals surface area contributed by atoms with E-state index in [9.17, 15) is 0 Å². The molecule has 0 aliphatic heterocycles. The molecule has 0 amide bonds. The molecule has 5 nitrogen and oxygen atoms in total. The minimum Gasteiger partial charge on any atom is -0.441 e. The van der Waals surface area contributed by atoms with Gasteiger partial charge in [0.25, 0.3) is 0 Å². The molecule has 0 saturated heterocycles. The second-order valence-corrected chi connectivity index (χ2v) is 4.59. The Morgan fingerprint density at radius 2 is 1.94 bits per heavy atom. The number of hydrogen-bond donors (Lipinski definition) is 0. The molecule has 3 aromatic rings. The predicted molar refractivity (Wildman–Crippen MR) is 68.0 cm³/mol. The zero-order valence-electron chi connectivity index (χ0n) is 9.61. The third-order valence-corrected chi connectivity index (χ3v) is 3.22. The van der Waals surface area contributed by atoms with E-state index in [4.69, 9.17) is 27.6 Å². The molecule has 0 aliphatic carbocycles. The molecule has 0 N–H and O–H groups in total. The molecule has 92 valence electrons. The largest absolute Gasteiger partial charge is 0.441 e. The molecule has 0 radical (unpaired) electrons. The summed E-state index contributed by atoms with van der Waals surface area (Å²) in [6.45, 7) is 3.79. The standard InChI is InChI=1S/C11H8Cl2N4O/c1-5-6(2)17-10(7-3-4-8(12)18-7)15-16-11(17)9(13)14-5/h3-4H,1-2H3. The molecule has 3 heterocycles. The number of fused-ring (bicyclic) bond motifs is 1. The van der Waals surface area contributed by atoms with E-state index < -0.39 is 0 Å². The van der Waals surface area contributed by atoms with E-state index in [1.807, 2.05) is 13.8 Å². The van der Waals surface area contributed by atoms with Crippen molar-refractivity contribution >= 4 is 28.8 Å². The van der Waals surface area contributed by atoms with Gasteiger partial charge in [-0.25, -0.2) is 4.98 Å². The highest BCUT2D eigenvalue weighted by Crippen LogP contribution is 2.27. The van der Waals surface area contributed by atoms with Gasteiger partial charge in [-0.05, 0) is 37.6 Å². The van der Waals surface area contributed by atoms with Crippen molar-refractivity contribution < 1.29 is 4.42 Å². The van der Waals surface area contributed by atoms with E-state index >= 15 is 0 Å². The summed E-state index contributed by atoms with van der Waals surface area (Å²) in [4.78, 5) is 4.20. The van der Waals surface area contributed by atoms with Crippen molar-refractivity contribution in [1.82, 2.24) is 19.6 Å². The minimum atomic E-state index is 0.302. The van der Waals surface area contributed by atoms with E-state index in [0.717, 1.165) is 11.4 Å². The molecular formula is C11H8Cl2N4O. The highest BCUT2D eigenvalue weighted by molar-refractivity contribution is 6.32. The summed E-state index contributed by atoms with van der Waals surface area (Å²) in [5.41, 5.74) is 2.22. The third-order valence-electron chi connectivity index (χ3n) is 2.77. The third kappa shape index (κ3) is 1.59. The van der Waals surface area contributed by atoms with Crippen LogP contribution >= 0.6 is 23.2 Å². The molecule has 3 aromatic heterocycles. The lowest BCUT2D eigenvalue weighted by molar-refractivity contribution is 0.578. The van der Waals surface area contributed by atoms with Gasteiger partial charge in [-0.1, -0.05) is 11.6 Å². The normalized spacial score (nSPS) is 11.3. The monoisotopic (exact) mass is 282 g/mol. The lowest BCUT2D eigenvalue weighted by Gasteiger charge is -2.05. The molecule has 0 spiro atoms. The van der Waals surface area contributed by atoms with E-state index in [-0.39, 0.29) is 0 Å². The molecule has 0 fully saturated rings. The van der Waals surface area contributed by atoms with Crippen LogP contribution in [0, 0.1) is 13.8 Å². The second kappa shape index (κ2) is 3.96. The van der Waals surface area contributed by atoms with Gasteiger partial charge in [0.15, 0.2) is 21.8 Å². The average molecular weight is 283 g/mol. The van der Waals surface area contributed by atoms with Crippen LogP contribution in [-0.2, 0) is 0 Å². The number of halogens is 2. The number of furan rings is 1. The van der Waals surface area contributed by atoms with Crippen LogP contribution < -0.4 is 0 Å². The first kappa shape index (κ1) is 11.5. The summed E-state index contributed by atoms with van der Waals surface area (Å²) in [6.07, 6.45) is 0. The zero-order valence-corrected chi connectivity index (χ0v) is 11.1. The van der Waals surface area contributed by atoms with Crippen LogP contribution in [0.2, 0.25) is 10.4 Å². The summed E-state index contributed by atoms with van der Waals surface area (Å²) >= 11 is 11.8. The smallest absolute Gasteiger partial charge is 0.204 e. The zero-order chi connectivity index (χ0) is 12.9. The fourth-order valence-electron chi connectivity index (χ4n) is 1.77. The lowest BCUT2D eigenvalue weighted by atomic mass is 10.3. The lowest BCUT2D eigenvalue weighted by Crippen LogP contribution is -2.00. The SMILES string of the molecule is Cc1nc(Cl)c2nnc(-c3ccc(Cl)o3)n2c1C. The Morgan fingerprint density at radius 1 is 1.17 bits per heavy atom. The number of rotatable bonds is 1. The van der Waals surface area contributed by atoms with Crippen LogP contribution in [0.5, 0.6) is 0 Å². The first-order valence-corrected chi connectivity index (χ1v) is 5.97. The fraction of sp³-hybridized carbons (Fsp3) is 0.182. The van der Waals surface area contributed by atoms with Crippen molar-refractivity contribution in [2.75, 3.05) is 0 Å². The van der Waals surface area contributed by atoms with Crippen LogP contribution in [0.4, 0.5) is 0 Å². The maximum Gasteiger partial charge on any atom is 0.204 e. The second-order valence-electron chi connectivity index (χ2n) is 3.86. The highest BCUT2D eigenvalue weighted by atomic mass is 35.5. The van der Waals surface area contributed by atoms with E-state index in [2.05, 4.69) is 15.2 Å². The van der Waals surface area contributed by atoms with Crippen LogP contribution in [-0.4, -0.2) is 19.6 Å². The van der Waals surface area contributed by atoms with Crippen molar-refractivity contribution in [3.05, 3.63) is 33.9 Å². The van der Waals surface area contributed by atoms with E-state index in [1.54, 1.807) is 16.5 Å². The van der Waals surface area contributed by atoms with Crippen molar-refractivity contribution in [3.8, 4) is 11.6 Å². The molecule has 0 aromatic carbocycles. The summed E-state index contributed by atoms with van der Waals surface area (Å²) in [7, 11) is 0. The maximum atomic E-state index is 6.05. The quantitative estimate of drug-likeness (QED) is 0.687. The Hall–Kier alpha value is -1.59. The van der Waals surface area contributed by atoms with Crippen molar-refractivity contribution in [2.24, 2.45) is 0 Å². The summed E-state index contributed by atoms with van der Waals surface area (Å²) in [5.74, 6) is 1.10. The van der Waals surface area contributed by atoms with Crippen LogP contribution in [0.25, 0.3) is 17.2 Å². The first-order valence-electron chi connectivity index (χ1n) is 5.21. The minimum absolute atomic E-state index is 0.302. The van der Waals surface area contributed by atoms with Crippen molar-refractivity contribution in [2.45, 2.75) is 13.8 Å². The molecule has 0 aliphatic rings. The van der Waals surface area contributed by atoms with Gasteiger partial charge in [0, 0.05) is 5.69 Å². The molecule has 7 heteroatoms. The Bertz CT molecular complexity index is 747. The van der Waals surface area contributed by atoms with Gasteiger partial charge >= 0.3 is 0 Å². The summed E-state index contributed by atoms with van der Waals surface area (Å²) < 4.78 is 7.15. The average Bonchev–Trinajstić information content (AvgIpc) is 2.91. The van der Waals surface area contributed by atoms with E-state index in [1.165, 1.54) is 0 Å². The van der Waals surface area contributed by atoms with Gasteiger partial charge < -0.3 is 4.42 Å². The molecule has 0 saturated carbocycles. The number of aromatic nitrogens is 4. The molecule has 0 bridgehead atoms. The molecule has 0 unspecified atom stereocenters. The number of hydrogen-bond acceptors (Lipinski definition) is 4. The van der Waals surface area contributed by atoms with Crippen molar-refractivity contribution in [3.63, 3.8) is 0 Å². The number of nitrogens with zero attached hydrogens (tertiary/aromatic N) is 4. The Kier molecular flexibility index (Phi) is 2.53. The van der Waals surface area contributed by atoms with E-state index in [0.29, 0.717) is 27.6 Å². The van der Waals surface area contributed by atoms with Gasteiger partial charge in [0.2, 0.25) is 5.82 Å². The van der Waals surface area contributed by atoms with Gasteiger partial charge in [-0.2, -0.15) is 0 Å². The van der Waals surface area contributed by atoms with Gasteiger partial charge in [0.1, 0.15) is 0 Å². The highest BCUT2D eigenvalue weighted by Gasteiger charge is 2.17. The summed E-state index contributed by atoms with van der Waals surface area (Å²) in [5, 5.41) is 8.72.